The number of fused-ring (bicyclic) bond motifs is 1. The summed E-state index contributed by atoms with van der Waals surface area (Å²) in [6, 6.07) is 5.13. The van der Waals surface area contributed by atoms with Gasteiger partial charge in [-0.25, -0.2) is 4.98 Å². The van der Waals surface area contributed by atoms with Gasteiger partial charge in [-0.05, 0) is 32.0 Å². The molecular weight excluding hydrogens is 416 g/mol. The zero-order valence-corrected chi connectivity index (χ0v) is 17.4. The molecule has 3 heterocycles. The second-order valence-electron chi connectivity index (χ2n) is 6.62. The summed E-state index contributed by atoms with van der Waals surface area (Å²) in [5.74, 6) is -0.846. The Hall–Kier alpha value is -2.62. The predicted octanol–water partition coefficient (Wildman–Crippen LogP) is 3.07. The maximum absolute atomic E-state index is 12.6. The second-order valence-corrected chi connectivity index (χ2v) is 8.03. The molecule has 0 saturated carbocycles. The summed E-state index contributed by atoms with van der Waals surface area (Å²) >= 11 is 7.30. The maximum atomic E-state index is 12.6. The largest absolute Gasteiger partial charge is 0.451 e. The summed E-state index contributed by atoms with van der Waals surface area (Å²) in [6.07, 6.45) is 0. The average molecular weight is 435 g/mol. The van der Waals surface area contributed by atoms with Gasteiger partial charge in [0.05, 0.1) is 18.9 Å². The van der Waals surface area contributed by atoms with Crippen molar-refractivity contribution in [3.05, 3.63) is 45.1 Å². The number of aryl methyl sites for hydroxylation is 2. The molecule has 1 saturated heterocycles. The van der Waals surface area contributed by atoms with Gasteiger partial charge < -0.3 is 14.1 Å². The lowest BCUT2D eigenvalue weighted by molar-refractivity contribution is 0.0833. The van der Waals surface area contributed by atoms with Crippen LogP contribution >= 0.6 is 22.9 Å². The van der Waals surface area contributed by atoms with E-state index in [1.807, 2.05) is 0 Å². The monoisotopic (exact) mass is 434 g/mol. The molecule has 2 N–H and O–H groups in total. The minimum atomic E-state index is -0.543. The van der Waals surface area contributed by atoms with E-state index >= 15 is 0 Å². The Bertz CT molecular complexity index is 1090. The third-order valence-electron chi connectivity index (χ3n) is 4.67. The summed E-state index contributed by atoms with van der Waals surface area (Å²) < 4.78 is 11.0. The van der Waals surface area contributed by atoms with Gasteiger partial charge in [0, 0.05) is 29.1 Å². The molecule has 0 atom stereocenters. The van der Waals surface area contributed by atoms with Gasteiger partial charge >= 0.3 is 5.91 Å². The average Bonchev–Trinajstić information content (AvgIpc) is 3.27. The number of carbonyl (C=O) groups excluding carboxylic acids is 2. The molecule has 2 amide bonds. The standard InChI is InChI=1S/C19H19ClN4O4S/c1-10-13-9-12(20)3-4-14(13)28-15(10)17(25)22-23-18(26)16-11(2)21-19(29-16)24-5-7-27-8-6-24/h3-4,9H,5-8H2,1-2H3,(H,22,25)(H,23,26). The van der Waals surface area contributed by atoms with Crippen molar-refractivity contribution in [1.82, 2.24) is 15.8 Å². The number of amides is 2. The summed E-state index contributed by atoms with van der Waals surface area (Å²) in [5.41, 5.74) is 6.66. The van der Waals surface area contributed by atoms with Crippen LogP contribution in [-0.2, 0) is 4.74 Å². The van der Waals surface area contributed by atoms with Gasteiger partial charge in [-0.3, -0.25) is 20.4 Å². The summed E-state index contributed by atoms with van der Waals surface area (Å²) in [4.78, 5) is 32.1. The van der Waals surface area contributed by atoms with Gasteiger partial charge in [0.25, 0.3) is 5.91 Å². The Morgan fingerprint density at radius 1 is 1.17 bits per heavy atom. The fraction of sp³-hybridized carbons (Fsp3) is 0.316. The quantitative estimate of drug-likeness (QED) is 0.615. The van der Waals surface area contributed by atoms with Crippen LogP contribution < -0.4 is 15.8 Å². The first kappa shape index (κ1) is 19.7. The third-order valence-corrected chi connectivity index (χ3v) is 6.12. The van der Waals surface area contributed by atoms with Crippen molar-refractivity contribution in [1.29, 1.82) is 0 Å². The van der Waals surface area contributed by atoms with Crippen LogP contribution in [0.1, 0.15) is 31.5 Å². The Kier molecular flexibility index (Phi) is 5.44. The van der Waals surface area contributed by atoms with E-state index in [9.17, 15) is 9.59 Å². The molecule has 3 aromatic rings. The van der Waals surface area contributed by atoms with Gasteiger partial charge in [0.15, 0.2) is 10.9 Å². The highest BCUT2D eigenvalue weighted by molar-refractivity contribution is 7.17. The van der Waals surface area contributed by atoms with E-state index in [2.05, 4.69) is 20.7 Å². The van der Waals surface area contributed by atoms with E-state index in [-0.39, 0.29) is 5.76 Å². The molecule has 29 heavy (non-hydrogen) atoms. The second kappa shape index (κ2) is 8.02. The molecule has 10 heteroatoms. The number of thiazole rings is 1. The van der Waals surface area contributed by atoms with Crippen LogP contribution in [0.2, 0.25) is 5.02 Å². The first-order valence-electron chi connectivity index (χ1n) is 9.03. The number of aromatic nitrogens is 1. The summed E-state index contributed by atoms with van der Waals surface area (Å²) in [5, 5.41) is 2.08. The van der Waals surface area contributed by atoms with Gasteiger partial charge in [0.1, 0.15) is 10.5 Å². The van der Waals surface area contributed by atoms with Crippen LogP contribution in [0, 0.1) is 13.8 Å². The van der Waals surface area contributed by atoms with Crippen molar-refractivity contribution in [2.45, 2.75) is 13.8 Å². The molecule has 4 rings (SSSR count). The van der Waals surface area contributed by atoms with Gasteiger partial charge in [0.2, 0.25) is 0 Å². The molecule has 1 aliphatic heterocycles. The number of ether oxygens (including phenoxy) is 1. The number of furan rings is 1. The van der Waals surface area contributed by atoms with Crippen molar-refractivity contribution in [3.8, 4) is 0 Å². The fourth-order valence-corrected chi connectivity index (χ4v) is 4.31. The van der Waals surface area contributed by atoms with Gasteiger partial charge in [-0.2, -0.15) is 0 Å². The van der Waals surface area contributed by atoms with E-state index in [0.29, 0.717) is 40.0 Å². The van der Waals surface area contributed by atoms with Crippen molar-refractivity contribution in [2.24, 2.45) is 0 Å². The Morgan fingerprint density at radius 3 is 2.66 bits per heavy atom. The molecule has 2 aromatic heterocycles. The number of rotatable bonds is 3. The van der Waals surface area contributed by atoms with Crippen molar-refractivity contribution in [3.63, 3.8) is 0 Å². The van der Waals surface area contributed by atoms with E-state index in [0.717, 1.165) is 23.6 Å². The maximum Gasteiger partial charge on any atom is 0.305 e. The lowest BCUT2D eigenvalue weighted by Gasteiger charge is -2.25. The minimum absolute atomic E-state index is 0.123. The minimum Gasteiger partial charge on any atom is -0.451 e. The molecule has 152 valence electrons. The first-order chi connectivity index (χ1) is 13.9. The number of halogens is 1. The molecule has 1 fully saturated rings. The molecular formula is C19H19ClN4O4S. The van der Waals surface area contributed by atoms with Gasteiger partial charge in [-0.1, -0.05) is 22.9 Å². The molecule has 0 bridgehead atoms. The SMILES string of the molecule is Cc1nc(N2CCOCC2)sc1C(=O)NNC(=O)c1oc2ccc(Cl)cc2c1C. The normalized spacial score (nSPS) is 14.2. The zero-order valence-electron chi connectivity index (χ0n) is 15.9. The van der Waals surface area contributed by atoms with Crippen molar-refractivity contribution < 1.29 is 18.7 Å². The number of hydrogen-bond donors (Lipinski definition) is 2. The number of benzene rings is 1. The van der Waals surface area contributed by atoms with E-state index in [4.69, 9.17) is 20.8 Å². The molecule has 0 unspecified atom stereocenters. The predicted molar refractivity (Wildman–Crippen MR) is 111 cm³/mol. The number of hydrogen-bond acceptors (Lipinski definition) is 7. The highest BCUT2D eigenvalue weighted by Gasteiger charge is 2.22. The Morgan fingerprint density at radius 2 is 1.90 bits per heavy atom. The lowest BCUT2D eigenvalue weighted by atomic mass is 10.1. The molecule has 8 nitrogen and oxygen atoms in total. The number of nitrogens with one attached hydrogen (secondary N) is 2. The number of hydrazine groups is 1. The molecule has 1 aliphatic rings. The number of morpholine rings is 1. The van der Waals surface area contributed by atoms with Crippen molar-refractivity contribution >= 4 is 50.9 Å². The van der Waals surface area contributed by atoms with E-state index in [1.54, 1.807) is 32.0 Å². The number of carbonyl (C=O) groups is 2. The van der Waals surface area contributed by atoms with Crippen LogP contribution in [0.3, 0.4) is 0 Å². The number of nitrogens with zero attached hydrogens (tertiary/aromatic N) is 2. The lowest BCUT2D eigenvalue weighted by Crippen LogP contribution is -2.41. The molecule has 0 aliphatic carbocycles. The molecule has 1 aromatic carbocycles. The van der Waals surface area contributed by atoms with Crippen LogP contribution in [0.15, 0.2) is 22.6 Å². The molecule has 0 radical (unpaired) electrons. The number of anilines is 1. The van der Waals surface area contributed by atoms with Crippen LogP contribution in [0.4, 0.5) is 5.13 Å². The van der Waals surface area contributed by atoms with Crippen molar-refractivity contribution in [2.75, 3.05) is 31.2 Å². The smallest absolute Gasteiger partial charge is 0.305 e. The van der Waals surface area contributed by atoms with Crippen LogP contribution in [0.25, 0.3) is 11.0 Å². The fourth-order valence-electron chi connectivity index (χ4n) is 3.12. The third kappa shape index (κ3) is 3.93. The van der Waals surface area contributed by atoms with E-state index in [1.165, 1.54) is 11.3 Å². The first-order valence-corrected chi connectivity index (χ1v) is 10.2. The highest BCUT2D eigenvalue weighted by atomic mass is 35.5. The summed E-state index contributed by atoms with van der Waals surface area (Å²) in [7, 11) is 0. The Labute approximate surface area is 175 Å². The Balaban J connectivity index is 1.45. The summed E-state index contributed by atoms with van der Waals surface area (Å²) in [6.45, 7) is 6.28. The zero-order chi connectivity index (χ0) is 20.5. The van der Waals surface area contributed by atoms with Crippen LogP contribution in [0.5, 0.6) is 0 Å². The van der Waals surface area contributed by atoms with Crippen LogP contribution in [-0.4, -0.2) is 43.1 Å². The highest BCUT2D eigenvalue weighted by Crippen LogP contribution is 2.28. The molecule has 0 spiro atoms. The van der Waals surface area contributed by atoms with Gasteiger partial charge in [-0.15, -0.1) is 0 Å². The van der Waals surface area contributed by atoms with E-state index < -0.39 is 11.8 Å². The topological polar surface area (TPSA) is 96.7 Å².